The summed E-state index contributed by atoms with van der Waals surface area (Å²) in [4.78, 5) is 17.3. The van der Waals surface area contributed by atoms with Crippen molar-refractivity contribution in [2.24, 2.45) is 5.92 Å². The maximum Gasteiger partial charge on any atom is 0.253 e. The Labute approximate surface area is 184 Å². The van der Waals surface area contributed by atoms with Crippen LogP contribution < -0.4 is 0 Å². The molecular formula is C26H32N2O3. The lowest BCUT2D eigenvalue weighted by Gasteiger charge is -2.56. The number of aromatic hydroxyl groups is 1. The Balaban J connectivity index is 1.67. The van der Waals surface area contributed by atoms with Gasteiger partial charge < -0.3 is 15.1 Å². The summed E-state index contributed by atoms with van der Waals surface area (Å²) in [6, 6.07) is 16.7. The Morgan fingerprint density at radius 1 is 1.26 bits per heavy atom. The molecule has 2 aliphatic rings. The molecule has 0 bridgehead atoms. The van der Waals surface area contributed by atoms with Crippen LogP contribution in [0, 0.1) is 5.92 Å². The molecule has 2 aromatic carbocycles. The van der Waals surface area contributed by atoms with Crippen LogP contribution in [-0.4, -0.2) is 64.7 Å². The van der Waals surface area contributed by atoms with E-state index in [4.69, 9.17) is 0 Å². The molecule has 3 unspecified atom stereocenters. The van der Waals surface area contributed by atoms with Gasteiger partial charge in [0.15, 0.2) is 0 Å². The summed E-state index contributed by atoms with van der Waals surface area (Å²) in [5, 5.41) is 21.5. The highest BCUT2D eigenvalue weighted by Gasteiger charge is 2.52. The number of aliphatic hydroxyl groups excluding tert-OH is 1. The fourth-order valence-electron chi connectivity index (χ4n) is 5.66. The number of fused-ring (bicyclic) bond motifs is 1. The highest BCUT2D eigenvalue weighted by Crippen LogP contribution is 2.50. The topological polar surface area (TPSA) is 64.0 Å². The Kier molecular flexibility index (Phi) is 6.17. The van der Waals surface area contributed by atoms with E-state index >= 15 is 0 Å². The summed E-state index contributed by atoms with van der Waals surface area (Å²) < 4.78 is 0. The second-order valence-corrected chi connectivity index (χ2v) is 9.05. The molecule has 2 aromatic rings. The molecule has 164 valence electrons. The van der Waals surface area contributed by atoms with Crippen LogP contribution in [0.25, 0.3) is 0 Å². The Morgan fingerprint density at radius 2 is 2.03 bits per heavy atom. The molecule has 1 heterocycles. The SMILES string of the molecule is C=CCN1CCC2(c3cccc(O)c3)C[C@@H](N(C)C(=O)c3ccccc3)CC(O)C2C1. The summed E-state index contributed by atoms with van der Waals surface area (Å²) in [5.74, 6) is 0.260. The number of aliphatic hydroxyl groups is 1. The second kappa shape index (κ2) is 8.85. The standard InChI is InChI=1S/C26H32N2O3/c1-3-13-28-14-12-26(20-10-7-11-22(29)15-20)17-21(16-24(30)23(26)18-28)27(2)25(31)19-8-5-4-6-9-19/h3-11,15,21,23-24,29-30H,1,12-14,16-18H2,2H3/t21-,23?,24?,26?/m0/s1. The van der Waals surface area contributed by atoms with E-state index in [-0.39, 0.29) is 29.0 Å². The number of carbonyl (C=O) groups excluding carboxylic acids is 1. The molecule has 1 amide bonds. The molecule has 2 N–H and O–H groups in total. The lowest BCUT2D eigenvalue weighted by Crippen LogP contribution is -2.61. The summed E-state index contributed by atoms with van der Waals surface area (Å²) in [5.41, 5.74) is 1.43. The van der Waals surface area contributed by atoms with Gasteiger partial charge in [0.25, 0.3) is 5.91 Å². The molecule has 4 atom stereocenters. The predicted molar refractivity (Wildman–Crippen MR) is 122 cm³/mol. The number of likely N-dealkylation sites (tertiary alicyclic amines) is 1. The van der Waals surface area contributed by atoms with E-state index in [0.717, 1.165) is 38.0 Å². The molecule has 1 aliphatic carbocycles. The molecule has 31 heavy (non-hydrogen) atoms. The normalized spacial score (nSPS) is 28.5. The minimum Gasteiger partial charge on any atom is -0.508 e. The largest absolute Gasteiger partial charge is 0.508 e. The fourth-order valence-corrected chi connectivity index (χ4v) is 5.66. The van der Waals surface area contributed by atoms with Gasteiger partial charge in [-0.3, -0.25) is 9.69 Å². The summed E-state index contributed by atoms with van der Waals surface area (Å²) in [6.45, 7) is 6.35. The third kappa shape index (κ3) is 4.12. The van der Waals surface area contributed by atoms with Crippen molar-refractivity contribution in [1.29, 1.82) is 0 Å². The smallest absolute Gasteiger partial charge is 0.253 e. The van der Waals surface area contributed by atoms with Gasteiger partial charge in [-0.2, -0.15) is 0 Å². The van der Waals surface area contributed by atoms with Gasteiger partial charge in [-0.1, -0.05) is 36.4 Å². The zero-order valence-electron chi connectivity index (χ0n) is 18.2. The van der Waals surface area contributed by atoms with Crippen molar-refractivity contribution in [3.05, 3.63) is 78.4 Å². The van der Waals surface area contributed by atoms with Gasteiger partial charge in [-0.25, -0.2) is 0 Å². The van der Waals surface area contributed by atoms with Gasteiger partial charge in [0, 0.05) is 43.1 Å². The Hall–Kier alpha value is -2.63. The van der Waals surface area contributed by atoms with E-state index in [9.17, 15) is 15.0 Å². The molecule has 5 heteroatoms. The maximum absolute atomic E-state index is 13.1. The van der Waals surface area contributed by atoms with Gasteiger partial charge in [0.2, 0.25) is 0 Å². The van der Waals surface area contributed by atoms with Gasteiger partial charge >= 0.3 is 0 Å². The quantitative estimate of drug-likeness (QED) is 0.728. The molecule has 1 saturated heterocycles. The number of phenolic OH excluding ortho intramolecular Hbond substituents is 1. The average Bonchev–Trinajstić information content (AvgIpc) is 2.79. The lowest BCUT2D eigenvalue weighted by atomic mass is 9.56. The Morgan fingerprint density at radius 3 is 2.74 bits per heavy atom. The van der Waals surface area contributed by atoms with Gasteiger partial charge in [0.05, 0.1) is 6.10 Å². The molecule has 2 fully saturated rings. The number of nitrogens with zero attached hydrogens (tertiary/aromatic N) is 2. The molecule has 1 aliphatic heterocycles. The van der Waals surface area contributed by atoms with Gasteiger partial charge in [0.1, 0.15) is 5.75 Å². The van der Waals surface area contributed by atoms with Crippen molar-refractivity contribution in [2.45, 2.75) is 36.8 Å². The minimum atomic E-state index is -0.528. The van der Waals surface area contributed by atoms with Crippen LogP contribution in [0.5, 0.6) is 5.75 Å². The van der Waals surface area contributed by atoms with Crippen LogP contribution in [0.3, 0.4) is 0 Å². The van der Waals surface area contributed by atoms with Crippen molar-refractivity contribution >= 4 is 5.91 Å². The number of piperidine rings is 1. The summed E-state index contributed by atoms with van der Waals surface area (Å²) >= 11 is 0. The van der Waals surface area contributed by atoms with Crippen LogP contribution in [0.15, 0.2) is 67.3 Å². The van der Waals surface area contributed by atoms with Crippen molar-refractivity contribution in [3.8, 4) is 5.75 Å². The molecule has 0 aromatic heterocycles. The van der Waals surface area contributed by atoms with Crippen LogP contribution >= 0.6 is 0 Å². The number of phenols is 1. The van der Waals surface area contributed by atoms with E-state index in [2.05, 4.69) is 17.5 Å². The number of hydrogen-bond donors (Lipinski definition) is 2. The van der Waals surface area contributed by atoms with Crippen molar-refractivity contribution in [3.63, 3.8) is 0 Å². The molecule has 0 radical (unpaired) electrons. The van der Waals surface area contributed by atoms with Crippen LogP contribution in [0.4, 0.5) is 0 Å². The zero-order chi connectivity index (χ0) is 22.0. The van der Waals surface area contributed by atoms with Crippen LogP contribution in [0.2, 0.25) is 0 Å². The number of amides is 1. The number of rotatable bonds is 5. The fraction of sp³-hybridized carbons (Fsp3) is 0.423. The van der Waals surface area contributed by atoms with Gasteiger partial charge in [-0.05, 0) is 55.6 Å². The third-order valence-electron chi connectivity index (χ3n) is 7.31. The van der Waals surface area contributed by atoms with E-state index in [1.807, 2.05) is 55.6 Å². The highest BCUT2D eigenvalue weighted by atomic mass is 16.3. The molecule has 5 nitrogen and oxygen atoms in total. The second-order valence-electron chi connectivity index (χ2n) is 9.05. The lowest BCUT2D eigenvalue weighted by molar-refractivity contribution is -0.0591. The van der Waals surface area contributed by atoms with E-state index in [1.165, 1.54) is 0 Å². The zero-order valence-corrected chi connectivity index (χ0v) is 18.2. The molecule has 4 rings (SSSR count). The summed E-state index contributed by atoms with van der Waals surface area (Å²) in [6.07, 6.45) is 3.58. The monoisotopic (exact) mass is 420 g/mol. The Bertz CT molecular complexity index is 931. The van der Waals surface area contributed by atoms with E-state index < -0.39 is 6.10 Å². The van der Waals surface area contributed by atoms with E-state index in [1.54, 1.807) is 11.0 Å². The average molecular weight is 421 g/mol. The maximum atomic E-state index is 13.1. The first-order valence-electron chi connectivity index (χ1n) is 11.1. The number of hydrogen-bond acceptors (Lipinski definition) is 4. The molecular weight excluding hydrogens is 388 g/mol. The first-order valence-corrected chi connectivity index (χ1v) is 11.1. The van der Waals surface area contributed by atoms with Crippen molar-refractivity contribution < 1.29 is 15.0 Å². The highest BCUT2D eigenvalue weighted by molar-refractivity contribution is 5.94. The molecule has 1 saturated carbocycles. The first-order chi connectivity index (χ1) is 14.9. The third-order valence-corrected chi connectivity index (χ3v) is 7.31. The number of carbonyl (C=O) groups is 1. The van der Waals surface area contributed by atoms with Crippen LogP contribution in [0.1, 0.15) is 35.2 Å². The van der Waals surface area contributed by atoms with Gasteiger partial charge in [-0.15, -0.1) is 6.58 Å². The minimum absolute atomic E-state index is 0.0218. The summed E-state index contributed by atoms with van der Waals surface area (Å²) in [7, 11) is 1.84. The van der Waals surface area contributed by atoms with Crippen LogP contribution in [-0.2, 0) is 5.41 Å². The number of benzene rings is 2. The first kappa shape index (κ1) is 21.6. The predicted octanol–water partition coefficient (Wildman–Crippen LogP) is 3.43. The van der Waals surface area contributed by atoms with E-state index in [0.29, 0.717) is 12.0 Å². The van der Waals surface area contributed by atoms with Crippen molar-refractivity contribution in [2.75, 3.05) is 26.7 Å². The molecule has 0 spiro atoms. The van der Waals surface area contributed by atoms with Crippen molar-refractivity contribution in [1.82, 2.24) is 9.80 Å².